The normalized spacial score (nSPS) is 23.3. The van der Waals surface area contributed by atoms with Gasteiger partial charge in [0.2, 0.25) is 0 Å². The average Bonchev–Trinajstić information content (AvgIpc) is 2.38. The van der Waals surface area contributed by atoms with Crippen molar-refractivity contribution in [1.29, 1.82) is 0 Å². The number of hydrogen-bond acceptors (Lipinski definition) is 2. The third-order valence-corrected chi connectivity index (χ3v) is 5.80. The molecule has 0 saturated heterocycles. The maximum absolute atomic E-state index is 6.49. The molecule has 2 unspecified atom stereocenters. The molecular weight excluding hydrogens is 298 g/mol. The summed E-state index contributed by atoms with van der Waals surface area (Å²) in [4.78, 5) is 1.25. The van der Waals surface area contributed by atoms with Crippen LogP contribution >= 0.6 is 23.4 Å². The first-order valence-corrected chi connectivity index (χ1v) is 9.29. The molecule has 1 fully saturated rings. The smallest absolute Gasteiger partial charge is 0.0545 e. The van der Waals surface area contributed by atoms with E-state index in [1.54, 1.807) is 0 Å². The van der Waals surface area contributed by atoms with Crippen molar-refractivity contribution >= 4 is 23.4 Å². The van der Waals surface area contributed by atoms with Crippen LogP contribution in [0, 0.1) is 5.92 Å². The molecule has 1 nitrogen and oxygen atoms in total. The molecule has 0 heterocycles. The van der Waals surface area contributed by atoms with Crippen LogP contribution in [0.25, 0.3) is 0 Å². The van der Waals surface area contributed by atoms with Crippen molar-refractivity contribution in [2.24, 2.45) is 5.92 Å². The van der Waals surface area contributed by atoms with Crippen molar-refractivity contribution < 1.29 is 0 Å². The second-order valence-electron chi connectivity index (χ2n) is 7.38. The molecule has 2 rings (SSSR count). The summed E-state index contributed by atoms with van der Waals surface area (Å²) in [5.41, 5.74) is 1.40. The molecule has 0 bridgehead atoms. The molecule has 0 spiro atoms. The molecule has 118 valence electrons. The van der Waals surface area contributed by atoms with Gasteiger partial charge in [-0.2, -0.15) is 0 Å². The van der Waals surface area contributed by atoms with Crippen LogP contribution in [0.5, 0.6) is 0 Å². The Kier molecular flexibility index (Phi) is 6.05. The SMILES string of the molecule is CC1CCCC(Sc2ccc(CNC(C)(C)C)cc2Cl)C1. The predicted octanol–water partition coefficient (Wildman–Crippen LogP) is 5.90. The van der Waals surface area contributed by atoms with Crippen LogP contribution in [0.15, 0.2) is 23.1 Å². The van der Waals surface area contributed by atoms with Crippen molar-refractivity contribution in [3.05, 3.63) is 28.8 Å². The lowest BCUT2D eigenvalue weighted by atomic mass is 9.91. The van der Waals surface area contributed by atoms with E-state index in [-0.39, 0.29) is 5.54 Å². The summed E-state index contributed by atoms with van der Waals surface area (Å²) in [5, 5.41) is 5.16. The van der Waals surface area contributed by atoms with Gasteiger partial charge in [-0.25, -0.2) is 0 Å². The van der Waals surface area contributed by atoms with E-state index >= 15 is 0 Å². The average molecular weight is 326 g/mol. The highest BCUT2D eigenvalue weighted by Crippen LogP contribution is 2.39. The summed E-state index contributed by atoms with van der Waals surface area (Å²) >= 11 is 8.46. The molecular formula is C18H28ClNS. The fourth-order valence-corrected chi connectivity index (χ4v) is 4.51. The summed E-state index contributed by atoms with van der Waals surface area (Å²) in [5.74, 6) is 0.866. The second-order valence-corrected chi connectivity index (χ2v) is 9.13. The number of hydrogen-bond donors (Lipinski definition) is 1. The Hall–Kier alpha value is -0.180. The largest absolute Gasteiger partial charge is 0.308 e. The van der Waals surface area contributed by atoms with Gasteiger partial charge in [-0.05, 0) is 57.2 Å². The van der Waals surface area contributed by atoms with E-state index < -0.39 is 0 Å². The molecule has 0 radical (unpaired) electrons. The lowest BCUT2D eigenvalue weighted by Crippen LogP contribution is -2.35. The zero-order valence-corrected chi connectivity index (χ0v) is 15.3. The van der Waals surface area contributed by atoms with E-state index in [0.717, 1.165) is 22.7 Å². The van der Waals surface area contributed by atoms with Crippen molar-refractivity contribution in [1.82, 2.24) is 5.32 Å². The summed E-state index contributed by atoms with van der Waals surface area (Å²) in [6.07, 6.45) is 5.42. The molecule has 3 heteroatoms. The van der Waals surface area contributed by atoms with Gasteiger partial charge in [-0.15, -0.1) is 11.8 Å². The zero-order valence-electron chi connectivity index (χ0n) is 13.7. The van der Waals surface area contributed by atoms with Gasteiger partial charge in [0.05, 0.1) is 5.02 Å². The van der Waals surface area contributed by atoms with Crippen LogP contribution in [0.3, 0.4) is 0 Å². The van der Waals surface area contributed by atoms with Crippen molar-refractivity contribution in [2.75, 3.05) is 0 Å². The molecule has 0 aliphatic heterocycles. The fourth-order valence-electron chi connectivity index (χ4n) is 2.78. The summed E-state index contributed by atoms with van der Waals surface area (Å²) < 4.78 is 0. The number of benzene rings is 1. The fraction of sp³-hybridized carbons (Fsp3) is 0.667. The highest BCUT2D eigenvalue weighted by molar-refractivity contribution is 8.00. The van der Waals surface area contributed by atoms with Crippen LogP contribution in [0.4, 0.5) is 0 Å². The van der Waals surface area contributed by atoms with Crippen LogP contribution in [-0.2, 0) is 6.54 Å². The first-order valence-electron chi connectivity index (χ1n) is 8.03. The standard InChI is InChI=1S/C18H28ClNS/c1-13-6-5-7-15(10-13)21-17-9-8-14(11-16(17)19)12-20-18(2,3)4/h8-9,11,13,15,20H,5-7,10,12H2,1-4H3. The lowest BCUT2D eigenvalue weighted by Gasteiger charge is -2.26. The molecule has 21 heavy (non-hydrogen) atoms. The molecule has 1 aliphatic carbocycles. The zero-order chi connectivity index (χ0) is 15.5. The Morgan fingerprint density at radius 1 is 1.29 bits per heavy atom. The Morgan fingerprint density at radius 2 is 2.05 bits per heavy atom. The molecule has 0 aromatic heterocycles. The first-order chi connectivity index (χ1) is 9.83. The van der Waals surface area contributed by atoms with Crippen LogP contribution in [0.2, 0.25) is 5.02 Å². The number of nitrogens with one attached hydrogen (secondary N) is 1. The van der Waals surface area contributed by atoms with Gasteiger partial charge in [0.1, 0.15) is 0 Å². The number of thioether (sulfide) groups is 1. The van der Waals surface area contributed by atoms with Crippen molar-refractivity contribution in [3.63, 3.8) is 0 Å². The van der Waals surface area contributed by atoms with E-state index in [9.17, 15) is 0 Å². The molecule has 1 aromatic carbocycles. The van der Waals surface area contributed by atoms with Crippen molar-refractivity contribution in [2.45, 2.75) is 75.6 Å². The van der Waals surface area contributed by atoms with Crippen LogP contribution in [-0.4, -0.2) is 10.8 Å². The third kappa shape index (κ3) is 5.84. The van der Waals surface area contributed by atoms with E-state index in [4.69, 9.17) is 11.6 Å². The second kappa shape index (κ2) is 7.39. The lowest BCUT2D eigenvalue weighted by molar-refractivity contribution is 0.394. The maximum atomic E-state index is 6.49. The van der Waals surface area contributed by atoms with Crippen LogP contribution in [0.1, 0.15) is 58.9 Å². The van der Waals surface area contributed by atoms with Gasteiger partial charge in [0.15, 0.2) is 0 Å². The molecule has 1 aliphatic rings. The molecule has 1 N–H and O–H groups in total. The molecule has 1 aromatic rings. The molecule has 0 amide bonds. The number of halogens is 1. The highest BCUT2D eigenvalue weighted by atomic mass is 35.5. The molecule has 1 saturated carbocycles. The Bertz CT molecular complexity index is 467. The monoisotopic (exact) mass is 325 g/mol. The van der Waals surface area contributed by atoms with E-state index in [1.807, 2.05) is 11.8 Å². The Morgan fingerprint density at radius 3 is 2.67 bits per heavy atom. The van der Waals surface area contributed by atoms with E-state index in [2.05, 4.69) is 51.2 Å². The van der Waals surface area contributed by atoms with E-state index in [1.165, 1.54) is 36.1 Å². The minimum Gasteiger partial charge on any atom is -0.308 e. The van der Waals surface area contributed by atoms with Gasteiger partial charge >= 0.3 is 0 Å². The summed E-state index contributed by atoms with van der Waals surface area (Å²) in [6, 6.07) is 6.53. The van der Waals surface area contributed by atoms with Gasteiger partial charge < -0.3 is 5.32 Å². The van der Waals surface area contributed by atoms with Gasteiger partial charge in [0, 0.05) is 22.2 Å². The van der Waals surface area contributed by atoms with Crippen molar-refractivity contribution in [3.8, 4) is 0 Å². The maximum Gasteiger partial charge on any atom is 0.0545 e. The van der Waals surface area contributed by atoms with E-state index in [0.29, 0.717) is 0 Å². The first kappa shape index (κ1) is 17.2. The third-order valence-electron chi connectivity index (χ3n) is 4.00. The van der Waals surface area contributed by atoms with Gasteiger partial charge in [-0.3, -0.25) is 0 Å². The summed E-state index contributed by atoms with van der Waals surface area (Å²) in [6.45, 7) is 9.79. The highest BCUT2D eigenvalue weighted by Gasteiger charge is 2.20. The minimum atomic E-state index is 0.137. The van der Waals surface area contributed by atoms with Gasteiger partial charge in [0.25, 0.3) is 0 Å². The Labute approximate surface area is 139 Å². The van der Waals surface area contributed by atoms with Crippen LogP contribution < -0.4 is 5.32 Å². The predicted molar refractivity (Wildman–Crippen MR) is 95.3 cm³/mol. The molecule has 2 atom stereocenters. The topological polar surface area (TPSA) is 12.0 Å². The van der Waals surface area contributed by atoms with Gasteiger partial charge in [-0.1, -0.05) is 37.4 Å². The summed E-state index contributed by atoms with van der Waals surface area (Å²) in [7, 11) is 0. The number of rotatable bonds is 4. The quantitative estimate of drug-likeness (QED) is 0.739. The minimum absolute atomic E-state index is 0.137. The Balaban J connectivity index is 1.95.